The van der Waals surface area contributed by atoms with Gasteiger partial charge in [0.25, 0.3) is 5.91 Å². The van der Waals surface area contributed by atoms with E-state index in [-0.39, 0.29) is 5.91 Å². The molecule has 4 rings (SSSR count). The molecule has 0 heterocycles. The summed E-state index contributed by atoms with van der Waals surface area (Å²) in [6.45, 7) is 0. The van der Waals surface area contributed by atoms with Crippen LogP contribution in [0.25, 0.3) is 0 Å². The zero-order chi connectivity index (χ0) is 23.8. The van der Waals surface area contributed by atoms with Crippen molar-refractivity contribution in [3.63, 3.8) is 0 Å². The Morgan fingerprint density at radius 1 is 0.765 bits per heavy atom. The number of carbonyl (C=O) groups is 2. The number of benzene rings is 4. The van der Waals surface area contributed by atoms with Crippen LogP contribution < -0.4 is 10.2 Å². The quantitative estimate of drug-likeness (QED) is 0.160. The van der Waals surface area contributed by atoms with E-state index in [0.29, 0.717) is 16.3 Å². The molecule has 34 heavy (non-hydrogen) atoms. The number of halogens is 1. The van der Waals surface area contributed by atoms with Gasteiger partial charge in [-0.15, -0.1) is 0 Å². The summed E-state index contributed by atoms with van der Waals surface area (Å²) in [4.78, 5) is 25.3. The van der Waals surface area contributed by atoms with E-state index in [9.17, 15) is 9.59 Å². The average Bonchev–Trinajstić information content (AvgIpc) is 2.87. The number of esters is 1. The third kappa shape index (κ3) is 5.77. The molecule has 1 amide bonds. The van der Waals surface area contributed by atoms with E-state index < -0.39 is 11.9 Å². The zero-order valence-corrected chi connectivity index (χ0v) is 18.9. The summed E-state index contributed by atoms with van der Waals surface area (Å²) in [6.07, 6.45) is 1.53. The molecule has 0 fully saturated rings. The largest absolute Gasteiger partial charge is 0.423 e. The highest BCUT2D eigenvalue weighted by atomic mass is 35.5. The number of hydrazone groups is 1. The molecule has 0 spiro atoms. The Hall–Kier alpha value is -4.22. The summed E-state index contributed by atoms with van der Waals surface area (Å²) in [5, 5.41) is 4.44. The van der Waals surface area contributed by atoms with Crippen molar-refractivity contribution in [1.82, 2.24) is 5.43 Å². The fraction of sp³-hybridized carbons (Fsp3) is 0.0357. The van der Waals surface area contributed by atoms with E-state index in [1.807, 2.05) is 60.7 Å². The van der Waals surface area contributed by atoms with Gasteiger partial charge in [0.2, 0.25) is 0 Å². The van der Waals surface area contributed by atoms with Crippen LogP contribution >= 0.6 is 11.6 Å². The number of hydrogen-bond donors (Lipinski definition) is 1. The third-order valence-electron chi connectivity index (χ3n) is 5.10. The number of ether oxygens (including phenoxy) is 1. The molecule has 0 radical (unpaired) electrons. The van der Waals surface area contributed by atoms with Crippen LogP contribution in [0, 0.1) is 0 Å². The van der Waals surface area contributed by atoms with E-state index in [1.54, 1.807) is 48.5 Å². The van der Waals surface area contributed by atoms with Gasteiger partial charge in [0.05, 0.1) is 22.7 Å². The van der Waals surface area contributed by atoms with Gasteiger partial charge in [0, 0.05) is 0 Å². The van der Waals surface area contributed by atoms with Gasteiger partial charge in [0.1, 0.15) is 5.75 Å². The second-order valence-corrected chi connectivity index (χ2v) is 7.83. The number of hydrogen-bond acceptors (Lipinski definition) is 4. The van der Waals surface area contributed by atoms with Gasteiger partial charge in [0.15, 0.2) is 0 Å². The van der Waals surface area contributed by atoms with Crippen LogP contribution in [-0.4, -0.2) is 18.1 Å². The lowest BCUT2D eigenvalue weighted by Gasteiger charge is -2.16. The smallest absolute Gasteiger partial charge is 0.345 e. The first-order valence-electron chi connectivity index (χ1n) is 10.6. The van der Waals surface area contributed by atoms with Gasteiger partial charge in [-0.3, -0.25) is 4.79 Å². The highest BCUT2D eigenvalue weighted by Crippen LogP contribution is 2.24. The predicted octanol–water partition coefficient (Wildman–Crippen LogP) is 5.84. The maximum absolute atomic E-state index is 13.0. The summed E-state index contributed by atoms with van der Waals surface area (Å²) in [6, 6.07) is 32.6. The highest BCUT2D eigenvalue weighted by molar-refractivity contribution is 6.33. The van der Waals surface area contributed by atoms with Gasteiger partial charge < -0.3 is 4.74 Å². The number of nitrogens with zero attached hydrogens (tertiary/aromatic N) is 1. The first kappa shape index (κ1) is 23.0. The monoisotopic (exact) mass is 468 g/mol. The molecule has 0 aliphatic carbocycles. The van der Waals surface area contributed by atoms with Crippen LogP contribution in [0.1, 0.15) is 33.0 Å². The molecule has 0 aliphatic rings. The summed E-state index contributed by atoms with van der Waals surface area (Å²) < 4.78 is 5.37. The van der Waals surface area contributed by atoms with Crippen LogP contribution in [0.5, 0.6) is 5.75 Å². The third-order valence-corrected chi connectivity index (χ3v) is 5.43. The SMILES string of the molecule is O=C(Oc1ccc(C=NNC(=O)C(c2ccccc2)c2ccccc2)cc1)c1ccccc1Cl. The first-order valence-corrected chi connectivity index (χ1v) is 11.0. The molecule has 0 saturated carbocycles. The topological polar surface area (TPSA) is 67.8 Å². The molecule has 0 aromatic heterocycles. The summed E-state index contributed by atoms with van der Waals surface area (Å²) in [5.41, 5.74) is 5.42. The van der Waals surface area contributed by atoms with Gasteiger partial charge in [-0.05, 0) is 53.1 Å². The van der Waals surface area contributed by atoms with E-state index >= 15 is 0 Å². The standard InChI is InChI=1S/C28H21ClN2O3/c29-25-14-8-7-13-24(25)28(33)34-23-17-15-20(16-18-23)19-30-31-27(32)26(21-9-3-1-4-10-21)22-11-5-2-6-12-22/h1-19,26H,(H,31,32). The lowest BCUT2D eigenvalue weighted by Crippen LogP contribution is -2.26. The fourth-order valence-electron chi connectivity index (χ4n) is 3.43. The van der Waals surface area contributed by atoms with Gasteiger partial charge in [-0.1, -0.05) is 84.4 Å². The number of rotatable bonds is 7. The Morgan fingerprint density at radius 2 is 1.32 bits per heavy atom. The minimum absolute atomic E-state index is 0.237. The second kappa shape index (κ2) is 11.1. The number of amides is 1. The number of nitrogens with one attached hydrogen (secondary N) is 1. The van der Waals surface area contributed by atoms with Gasteiger partial charge in [-0.2, -0.15) is 5.10 Å². The Kier molecular flexibility index (Phi) is 7.48. The van der Waals surface area contributed by atoms with Crippen LogP contribution in [0.15, 0.2) is 114 Å². The minimum Gasteiger partial charge on any atom is -0.423 e. The van der Waals surface area contributed by atoms with Crippen LogP contribution in [0.2, 0.25) is 5.02 Å². The number of carbonyl (C=O) groups excluding carboxylic acids is 2. The normalized spacial score (nSPS) is 10.9. The Bertz CT molecular complexity index is 1250. The summed E-state index contributed by atoms with van der Waals surface area (Å²) in [7, 11) is 0. The molecule has 0 atom stereocenters. The van der Waals surface area contributed by atoms with E-state index in [4.69, 9.17) is 16.3 Å². The van der Waals surface area contributed by atoms with Crippen molar-refractivity contribution in [2.24, 2.45) is 5.10 Å². The molecule has 6 heteroatoms. The van der Waals surface area contributed by atoms with Crippen LogP contribution in [0.4, 0.5) is 0 Å². The molecule has 0 bridgehead atoms. The molecular formula is C28H21ClN2O3. The first-order chi connectivity index (χ1) is 16.6. The van der Waals surface area contributed by atoms with Crippen molar-refractivity contribution in [2.75, 3.05) is 0 Å². The van der Waals surface area contributed by atoms with Crippen LogP contribution in [-0.2, 0) is 4.79 Å². The van der Waals surface area contributed by atoms with Crippen LogP contribution in [0.3, 0.4) is 0 Å². The molecule has 0 saturated heterocycles. The lowest BCUT2D eigenvalue weighted by atomic mass is 9.91. The van der Waals surface area contributed by atoms with E-state index in [2.05, 4.69) is 10.5 Å². The highest BCUT2D eigenvalue weighted by Gasteiger charge is 2.22. The molecule has 0 aliphatic heterocycles. The van der Waals surface area contributed by atoms with Crippen molar-refractivity contribution in [3.05, 3.63) is 136 Å². The Labute approximate surface area is 202 Å². The van der Waals surface area contributed by atoms with Crippen molar-refractivity contribution in [3.8, 4) is 5.75 Å². The maximum atomic E-state index is 13.0. The molecular weight excluding hydrogens is 448 g/mol. The van der Waals surface area contributed by atoms with Crippen molar-refractivity contribution >= 4 is 29.7 Å². The minimum atomic E-state index is -0.535. The summed E-state index contributed by atoms with van der Waals surface area (Å²) in [5.74, 6) is -0.878. The maximum Gasteiger partial charge on any atom is 0.345 e. The van der Waals surface area contributed by atoms with E-state index in [0.717, 1.165) is 16.7 Å². The van der Waals surface area contributed by atoms with Crippen molar-refractivity contribution in [2.45, 2.75) is 5.92 Å². The zero-order valence-electron chi connectivity index (χ0n) is 18.1. The molecule has 5 nitrogen and oxygen atoms in total. The van der Waals surface area contributed by atoms with Crippen molar-refractivity contribution < 1.29 is 14.3 Å². The molecule has 168 valence electrons. The lowest BCUT2D eigenvalue weighted by molar-refractivity contribution is -0.121. The van der Waals surface area contributed by atoms with E-state index in [1.165, 1.54) is 6.21 Å². The molecule has 1 N–H and O–H groups in total. The molecule has 0 unspecified atom stereocenters. The predicted molar refractivity (Wildman–Crippen MR) is 133 cm³/mol. The van der Waals surface area contributed by atoms with Gasteiger partial charge >= 0.3 is 5.97 Å². The average molecular weight is 469 g/mol. The summed E-state index contributed by atoms with van der Waals surface area (Å²) >= 11 is 6.04. The Morgan fingerprint density at radius 3 is 1.91 bits per heavy atom. The van der Waals surface area contributed by atoms with Crippen molar-refractivity contribution in [1.29, 1.82) is 0 Å². The fourth-order valence-corrected chi connectivity index (χ4v) is 3.64. The van der Waals surface area contributed by atoms with Gasteiger partial charge in [-0.25, -0.2) is 10.2 Å². The molecule has 4 aromatic carbocycles. The molecule has 4 aromatic rings. The Balaban J connectivity index is 1.41. The second-order valence-electron chi connectivity index (χ2n) is 7.43.